The van der Waals surface area contributed by atoms with Crippen molar-refractivity contribution in [2.75, 3.05) is 0 Å². The number of amides is 2. The molecule has 2 amide bonds. The van der Waals surface area contributed by atoms with Gasteiger partial charge in [0.1, 0.15) is 5.54 Å². The Morgan fingerprint density at radius 1 is 1.13 bits per heavy atom. The Morgan fingerprint density at radius 3 is 2.39 bits per heavy atom. The highest BCUT2D eigenvalue weighted by Crippen LogP contribution is 2.37. The third-order valence-electron chi connectivity index (χ3n) is 5.23. The van der Waals surface area contributed by atoms with Gasteiger partial charge >= 0.3 is 13.3 Å². The molecule has 3 rings (SSSR count). The number of nitrogens with one attached hydrogen (secondary N) is 2. The minimum absolute atomic E-state index is 0.131. The van der Waals surface area contributed by atoms with Crippen molar-refractivity contribution in [2.24, 2.45) is 0 Å². The van der Waals surface area contributed by atoms with Crippen LogP contribution >= 0.6 is 0 Å². The molecule has 2 aromatic rings. The quantitative estimate of drug-likeness (QED) is 0.502. The van der Waals surface area contributed by atoms with Crippen molar-refractivity contribution >= 4 is 18.9 Å². The van der Waals surface area contributed by atoms with Crippen molar-refractivity contribution in [1.29, 1.82) is 0 Å². The molecule has 164 valence electrons. The molecule has 0 bridgehead atoms. The second-order valence-corrected chi connectivity index (χ2v) is 7.77. The molecule has 10 heteroatoms. The predicted octanol–water partition coefficient (Wildman–Crippen LogP) is 2.02. The fourth-order valence-electron chi connectivity index (χ4n) is 3.38. The number of hydrogen-bond acceptors (Lipinski definition) is 4. The zero-order valence-corrected chi connectivity index (χ0v) is 16.7. The minimum atomic E-state index is -4.72. The molecule has 0 unspecified atom stereocenters. The Balaban J connectivity index is 1.72. The van der Waals surface area contributed by atoms with E-state index in [2.05, 4.69) is 10.6 Å². The maximum absolute atomic E-state index is 13.2. The summed E-state index contributed by atoms with van der Waals surface area (Å²) < 4.78 is 39.6. The Hall–Kier alpha value is -2.85. The van der Waals surface area contributed by atoms with E-state index in [1.165, 1.54) is 12.1 Å². The van der Waals surface area contributed by atoms with Crippen molar-refractivity contribution in [3.63, 3.8) is 0 Å². The van der Waals surface area contributed by atoms with Gasteiger partial charge in [0, 0.05) is 0 Å². The van der Waals surface area contributed by atoms with Crippen LogP contribution in [0.5, 0.6) is 0 Å². The molecule has 2 aromatic carbocycles. The number of hydrogen-bond donors (Lipinski definition) is 4. The van der Waals surface area contributed by atoms with Gasteiger partial charge in [0.2, 0.25) is 5.91 Å². The standard InChI is InChI=1S/C21H22BF3N2O4/c1-13-5-4-6-14(11-13)12-17(22(30)31)26-19(29)20(9-10-20)27-18(28)15-7-2-3-8-16(15)21(23,24)25/h2-8,11,17,30-31H,9-10,12H2,1H3,(H,26,29)(H,27,28)/t17-/m0/s1. The summed E-state index contributed by atoms with van der Waals surface area (Å²) in [6, 6.07) is 11.6. The van der Waals surface area contributed by atoms with Crippen LogP contribution in [0.2, 0.25) is 0 Å². The number of benzene rings is 2. The van der Waals surface area contributed by atoms with E-state index in [1.807, 2.05) is 19.1 Å². The van der Waals surface area contributed by atoms with Crippen LogP contribution in [0.3, 0.4) is 0 Å². The highest BCUT2D eigenvalue weighted by atomic mass is 19.4. The van der Waals surface area contributed by atoms with E-state index in [9.17, 15) is 32.8 Å². The van der Waals surface area contributed by atoms with E-state index in [0.29, 0.717) is 0 Å². The third kappa shape index (κ3) is 5.45. The lowest BCUT2D eigenvalue weighted by molar-refractivity contribution is -0.137. The Kier molecular flexibility index (Phi) is 6.42. The van der Waals surface area contributed by atoms with E-state index >= 15 is 0 Å². The van der Waals surface area contributed by atoms with Crippen LogP contribution in [0, 0.1) is 6.92 Å². The second-order valence-electron chi connectivity index (χ2n) is 7.77. The fraction of sp³-hybridized carbons (Fsp3) is 0.333. The van der Waals surface area contributed by atoms with Crippen molar-refractivity contribution in [2.45, 2.75) is 43.8 Å². The first-order chi connectivity index (χ1) is 14.5. The Labute approximate surface area is 177 Å². The van der Waals surface area contributed by atoms with Crippen LogP contribution in [-0.2, 0) is 17.4 Å². The molecule has 0 spiro atoms. The van der Waals surface area contributed by atoms with Gasteiger partial charge in [0.25, 0.3) is 5.91 Å². The van der Waals surface area contributed by atoms with Gasteiger partial charge in [0.15, 0.2) is 0 Å². The van der Waals surface area contributed by atoms with Crippen LogP contribution in [0.4, 0.5) is 13.2 Å². The molecule has 0 saturated heterocycles. The van der Waals surface area contributed by atoms with Crippen LogP contribution in [0.25, 0.3) is 0 Å². The summed E-state index contributed by atoms with van der Waals surface area (Å²) in [6.07, 6.45) is -4.12. The van der Waals surface area contributed by atoms with Gasteiger partial charge < -0.3 is 20.7 Å². The largest absolute Gasteiger partial charge is 0.475 e. The molecular formula is C21H22BF3N2O4. The van der Waals surface area contributed by atoms with Crippen LogP contribution in [0.15, 0.2) is 48.5 Å². The molecule has 6 nitrogen and oxygen atoms in total. The molecule has 4 N–H and O–H groups in total. The normalized spacial score (nSPS) is 15.7. The van der Waals surface area contributed by atoms with Crippen molar-refractivity contribution in [1.82, 2.24) is 10.6 Å². The van der Waals surface area contributed by atoms with E-state index in [1.54, 1.807) is 12.1 Å². The van der Waals surface area contributed by atoms with Gasteiger partial charge in [-0.15, -0.1) is 0 Å². The van der Waals surface area contributed by atoms with Crippen LogP contribution < -0.4 is 10.6 Å². The van der Waals surface area contributed by atoms with Gasteiger partial charge in [-0.2, -0.15) is 13.2 Å². The average Bonchev–Trinajstić information content (AvgIpc) is 3.47. The summed E-state index contributed by atoms with van der Waals surface area (Å²) in [7, 11) is -1.86. The lowest BCUT2D eigenvalue weighted by atomic mass is 9.75. The number of carbonyl (C=O) groups is 2. The summed E-state index contributed by atoms with van der Waals surface area (Å²) in [5.74, 6) is -2.73. The fourth-order valence-corrected chi connectivity index (χ4v) is 3.38. The van der Waals surface area contributed by atoms with E-state index in [0.717, 1.165) is 23.3 Å². The van der Waals surface area contributed by atoms with Gasteiger partial charge in [-0.25, -0.2) is 0 Å². The molecule has 0 heterocycles. The van der Waals surface area contributed by atoms with Crippen LogP contribution in [-0.4, -0.2) is 40.5 Å². The first kappa shape index (κ1) is 22.8. The lowest BCUT2D eigenvalue weighted by Crippen LogP contribution is -2.56. The summed E-state index contributed by atoms with van der Waals surface area (Å²) >= 11 is 0. The second kappa shape index (κ2) is 8.72. The molecule has 1 atom stereocenters. The Morgan fingerprint density at radius 2 is 1.81 bits per heavy atom. The summed E-state index contributed by atoms with van der Waals surface area (Å²) in [6.45, 7) is 1.87. The van der Waals surface area contributed by atoms with E-state index < -0.39 is 47.7 Å². The SMILES string of the molecule is Cc1cccc(C[C@H](NC(=O)C2(NC(=O)c3ccccc3C(F)(F)F)CC2)B(O)O)c1. The maximum atomic E-state index is 13.2. The summed E-state index contributed by atoms with van der Waals surface area (Å²) in [4.78, 5) is 25.3. The number of rotatable bonds is 7. The average molecular weight is 434 g/mol. The zero-order chi connectivity index (χ0) is 22.8. The van der Waals surface area contributed by atoms with Crippen LogP contribution in [0.1, 0.15) is 39.9 Å². The number of carbonyl (C=O) groups excluding carboxylic acids is 2. The summed E-state index contributed by atoms with van der Waals surface area (Å²) in [5, 5.41) is 24.3. The number of alkyl halides is 3. The lowest BCUT2D eigenvalue weighted by Gasteiger charge is -2.23. The highest BCUT2D eigenvalue weighted by molar-refractivity contribution is 6.43. The van der Waals surface area contributed by atoms with Gasteiger partial charge in [0.05, 0.1) is 17.1 Å². The molecule has 0 radical (unpaired) electrons. The van der Waals surface area contributed by atoms with Gasteiger partial charge in [-0.05, 0) is 43.9 Å². The first-order valence-corrected chi connectivity index (χ1v) is 9.73. The molecular weight excluding hydrogens is 412 g/mol. The van der Waals surface area contributed by atoms with Gasteiger partial charge in [-0.1, -0.05) is 42.0 Å². The minimum Gasteiger partial charge on any atom is -0.426 e. The third-order valence-corrected chi connectivity index (χ3v) is 5.23. The zero-order valence-electron chi connectivity index (χ0n) is 16.7. The summed E-state index contributed by atoms with van der Waals surface area (Å²) in [5.41, 5.74) is -1.31. The van der Waals surface area contributed by atoms with Crippen molar-refractivity contribution < 1.29 is 32.8 Å². The monoisotopic (exact) mass is 434 g/mol. The Bertz CT molecular complexity index is 977. The smallest absolute Gasteiger partial charge is 0.426 e. The van der Waals surface area contributed by atoms with Gasteiger partial charge in [-0.3, -0.25) is 9.59 Å². The molecule has 31 heavy (non-hydrogen) atoms. The molecule has 1 aliphatic rings. The maximum Gasteiger partial charge on any atom is 0.475 e. The predicted molar refractivity (Wildman–Crippen MR) is 108 cm³/mol. The molecule has 0 aliphatic heterocycles. The number of halogens is 3. The molecule has 1 fully saturated rings. The van der Waals surface area contributed by atoms with Crippen molar-refractivity contribution in [3.8, 4) is 0 Å². The van der Waals surface area contributed by atoms with E-state index in [4.69, 9.17) is 0 Å². The van der Waals surface area contributed by atoms with E-state index in [-0.39, 0.29) is 19.3 Å². The topological polar surface area (TPSA) is 98.7 Å². The number of aryl methyl sites for hydroxylation is 1. The highest BCUT2D eigenvalue weighted by Gasteiger charge is 2.52. The first-order valence-electron chi connectivity index (χ1n) is 9.73. The molecule has 1 saturated carbocycles. The molecule has 1 aliphatic carbocycles. The molecule has 0 aromatic heterocycles. The van der Waals surface area contributed by atoms with Crippen molar-refractivity contribution in [3.05, 3.63) is 70.8 Å².